The van der Waals surface area contributed by atoms with E-state index in [9.17, 15) is 0 Å². The summed E-state index contributed by atoms with van der Waals surface area (Å²) in [5.74, 6) is 0.636. The van der Waals surface area contributed by atoms with Crippen molar-refractivity contribution in [3.63, 3.8) is 0 Å². The van der Waals surface area contributed by atoms with Crippen molar-refractivity contribution in [3.05, 3.63) is 145 Å². The Morgan fingerprint density at radius 1 is 0.442 bits per heavy atom. The van der Waals surface area contributed by atoms with Crippen molar-refractivity contribution in [1.29, 1.82) is 0 Å². The minimum atomic E-state index is 0.636. The normalized spacial score (nSPS) is 12.5. The van der Waals surface area contributed by atoms with E-state index < -0.39 is 0 Å². The van der Waals surface area contributed by atoms with E-state index in [-0.39, 0.29) is 0 Å². The van der Waals surface area contributed by atoms with Crippen LogP contribution in [0, 0.1) is 5.92 Å². The number of rotatable bonds is 5. The van der Waals surface area contributed by atoms with Gasteiger partial charge in [0.1, 0.15) is 0 Å². The summed E-state index contributed by atoms with van der Waals surface area (Å²) in [4.78, 5) is 0. The van der Waals surface area contributed by atoms with Gasteiger partial charge in [0, 0.05) is 0 Å². The molecule has 0 amide bonds. The third kappa shape index (κ3) is 4.13. The van der Waals surface area contributed by atoms with Gasteiger partial charge in [0.2, 0.25) is 0 Å². The van der Waals surface area contributed by atoms with Crippen molar-refractivity contribution in [2.45, 2.75) is 26.7 Å². The van der Waals surface area contributed by atoms with Gasteiger partial charge in [-0.1, -0.05) is 154 Å². The summed E-state index contributed by atoms with van der Waals surface area (Å²) < 4.78 is 0. The van der Waals surface area contributed by atoms with Crippen molar-refractivity contribution in [3.8, 4) is 22.3 Å². The summed E-state index contributed by atoms with van der Waals surface area (Å²) in [5.41, 5.74) is 6.66. The van der Waals surface area contributed by atoms with Crippen LogP contribution in [0.5, 0.6) is 0 Å². The zero-order valence-electron chi connectivity index (χ0n) is 24.8. The van der Waals surface area contributed by atoms with Gasteiger partial charge >= 0.3 is 0 Å². The Bertz CT molecular complexity index is 2250. The van der Waals surface area contributed by atoms with Crippen molar-refractivity contribution in [2.24, 2.45) is 5.92 Å². The average Bonchev–Trinajstić information content (AvgIpc) is 3.07. The minimum absolute atomic E-state index is 0.636. The van der Waals surface area contributed by atoms with Crippen LogP contribution in [0.1, 0.15) is 25.8 Å². The van der Waals surface area contributed by atoms with E-state index in [1.165, 1.54) is 88.1 Å². The molecule has 1 unspecified atom stereocenters. The van der Waals surface area contributed by atoms with Gasteiger partial charge in [-0.25, -0.2) is 0 Å². The first kappa shape index (κ1) is 25.7. The predicted octanol–water partition coefficient (Wildman–Crippen LogP) is 12.4. The fraction of sp³-hybridized carbons (Fsp3) is 0.116. The molecule has 1 atom stereocenters. The van der Waals surface area contributed by atoms with Crippen LogP contribution in [0.25, 0.3) is 76.1 Å². The van der Waals surface area contributed by atoms with Gasteiger partial charge in [0.05, 0.1) is 0 Å². The molecule has 206 valence electrons. The SMILES string of the molecule is CCC(C)Cc1c2ccccc2cc2c1ccc1c(-c3c4ccccc4c(-c4ccccc4)c4ccccc34)cccc12. The van der Waals surface area contributed by atoms with Crippen LogP contribution in [0.15, 0.2) is 140 Å². The fourth-order valence-electron chi connectivity index (χ4n) is 7.26. The standard InChI is InChI=1S/C43H34/c1-3-28(2)26-40-31-17-8-7-16-30(31)27-41-32-22-13-23-35(33(32)24-25-34(40)41)43-38-20-11-9-18-36(38)42(29-14-5-4-6-15-29)37-19-10-12-21-39(37)43/h4-25,27-28H,3,26H2,1-2H3. The summed E-state index contributed by atoms with van der Waals surface area (Å²) in [5, 5.41) is 13.3. The van der Waals surface area contributed by atoms with Crippen LogP contribution in [-0.2, 0) is 6.42 Å². The fourth-order valence-corrected chi connectivity index (χ4v) is 7.26. The largest absolute Gasteiger partial charge is 0.0651 e. The zero-order valence-corrected chi connectivity index (χ0v) is 24.8. The topological polar surface area (TPSA) is 0 Å². The molecule has 0 nitrogen and oxygen atoms in total. The maximum absolute atomic E-state index is 2.42. The van der Waals surface area contributed by atoms with Crippen LogP contribution in [-0.4, -0.2) is 0 Å². The lowest BCUT2D eigenvalue weighted by atomic mass is 9.83. The second-order valence-electron chi connectivity index (χ2n) is 12.1. The molecule has 0 aliphatic heterocycles. The van der Waals surface area contributed by atoms with Gasteiger partial charge in [0.25, 0.3) is 0 Å². The van der Waals surface area contributed by atoms with Crippen LogP contribution in [0.2, 0.25) is 0 Å². The maximum atomic E-state index is 2.42. The molecule has 0 aromatic heterocycles. The van der Waals surface area contributed by atoms with Crippen molar-refractivity contribution >= 4 is 53.9 Å². The summed E-state index contributed by atoms with van der Waals surface area (Å²) >= 11 is 0. The molecule has 0 bridgehead atoms. The molecule has 43 heavy (non-hydrogen) atoms. The highest BCUT2D eigenvalue weighted by Gasteiger charge is 2.19. The molecule has 8 aromatic carbocycles. The molecular weight excluding hydrogens is 516 g/mol. The molecule has 0 aliphatic carbocycles. The predicted molar refractivity (Wildman–Crippen MR) is 188 cm³/mol. The van der Waals surface area contributed by atoms with Crippen LogP contribution < -0.4 is 0 Å². The Balaban J connectivity index is 1.48. The van der Waals surface area contributed by atoms with E-state index >= 15 is 0 Å². The summed E-state index contributed by atoms with van der Waals surface area (Å²) in [6, 6.07) is 51.8. The third-order valence-corrected chi connectivity index (χ3v) is 9.53. The lowest BCUT2D eigenvalue weighted by molar-refractivity contribution is 0.564. The Morgan fingerprint density at radius 3 is 1.67 bits per heavy atom. The average molecular weight is 551 g/mol. The van der Waals surface area contributed by atoms with E-state index in [4.69, 9.17) is 0 Å². The molecular formula is C43H34. The van der Waals surface area contributed by atoms with Crippen molar-refractivity contribution in [2.75, 3.05) is 0 Å². The van der Waals surface area contributed by atoms with E-state index in [0.29, 0.717) is 5.92 Å². The second-order valence-corrected chi connectivity index (χ2v) is 12.1. The summed E-state index contributed by atoms with van der Waals surface area (Å²) in [6.07, 6.45) is 2.28. The molecule has 8 rings (SSSR count). The van der Waals surface area contributed by atoms with Gasteiger partial charge < -0.3 is 0 Å². The van der Waals surface area contributed by atoms with E-state index in [2.05, 4.69) is 153 Å². The molecule has 0 aliphatic rings. The van der Waals surface area contributed by atoms with E-state index in [1.807, 2.05) is 0 Å². The number of hydrogen-bond acceptors (Lipinski definition) is 0. The Kier molecular flexibility index (Phi) is 6.23. The third-order valence-electron chi connectivity index (χ3n) is 9.53. The molecule has 0 heterocycles. The molecule has 0 saturated carbocycles. The highest BCUT2D eigenvalue weighted by Crippen LogP contribution is 2.46. The Hall–Kier alpha value is -4.94. The van der Waals surface area contributed by atoms with Crippen molar-refractivity contribution < 1.29 is 0 Å². The van der Waals surface area contributed by atoms with Crippen LogP contribution in [0.3, 0.4) is 0 Å². The number of fused-ring (bicyclic) bond motifs is 6. The maximum Gasteiger partial charge on any atom is -0.00201 e. The first-order chi connectivity index (χ1) is 21.2. The number of benzene rings is 8. The van der Waals surface area contributed by atoms with Gasteiger partial charge in [-0.2, -0.15) is 0 Å². The van der Waals surface area contributed by atoms with Crippen molar-refractivity contribution in [1.82, 2.24) is 0 Å². The molecule has 0 spiro atoms. The summed E-state index contributed by atoms with van der Waals surface area (Å²) in [7, 11) is 0. The first-order valence-electron chi connectivity index (χ1n) is 15.6. The lowest BCUT2D eigenvalue weighted by Gasteiger charge is -2.20. The highest BCUT2D eigenvalue weighted by molar-refractivity contribution is 6.25. The molecule has 0 saturated heterocycles. The van der Waals surface area contributed by atoms with Gasteiger partial charge in [-0.15, -0.1) is 0 Å². The Labute approximate surface area is 253 Å². The van der Waals surface area contributed by atoms with Gasteiger partial charge in [0.15, 0.2) is 0 Å². The van der Waals surface area contributed by atoms with Gasteiger partial charge in [-0.3, -0.25) is 0 Å². The van der Waals surface area contributed by atoms with Crippen LogP contribution in [0.4, 0.5) is 0 Å². The highest BCUT2D eigenvalue weighted by atomic mass is 14.2. The summed E-state index contributed by atoms with van der Waals surface area (Å²) in [6.45, 7) is 4.68. The minimum Gasteiger partial charge on any atom is -0.0651 e. The molecule has 8 aromatic rings. The van der Waals surface area contributed by atoms with E-state index in [0.717, 1.165) is 6.42 Å². The molecule has 0 fully saturated rings. The quantitative estimate of drug-likeness (QED) is 0.148. The van der Waals surface area contributed by atoms with E-state index in [1.54, 1.807) is 0 Å². The number of hydrogen-bond donors (Lipinski definition) is 0. The molecule has 0 radical (unpaired) electrons. The second kappa shape index (κ2) is 10.4. The lowest BCUT2D eigenvalue weighted by Crippen LogP contribution is -2.00. The smallest absolute Gasteiger partial charge is 0.00201 e. The Morgan fingerprint density at radius 2 is 1.00 bits per heavy atom. The van der Waals surface area contributed by atoms with Gasteiger partial charge in [-0.05, 0) is 100 Å². The molecule has 0 N–H and O–H groups in total. The van der Waals surface area contributed by atoms with Crippen LogP contribution >= 0.6 is 0 Å². The monoisotopic (exact) mass is 550 g/mol. The first-order valence-corrected chi connectivity index (χ1v) is 15.6. The zero-order chi connectivity index (χ0) is 28.9. The molecule has 0 heteroatoms.